The molecule has 0 saturated carbocycles. The Hall–Kier alpha value is -2.43. The van der Waals surface area contributed by atoms with Crippen LogP contribution in [0.3, 0.4) is 0 Å². The van der Waals surface area contributed by atoms with Gasteiger partial charge in [0, 0.05) is 5.69 Å². The molecule has 2 N–H and O–H groups in total. The number of nitrogens with one attached hydrogen (secondary N) is 1. The summed E-state index contributed by atoms with van der Waals surface area (Å²) in [5.41, 5.74) is 2.12. The van der Waals surface area contributed by atoms with Crippen molar-refractivity contribution < 1.29 is 14.3 Å². The van der Waals surface area contributed by atoms with E-state index in [4.69, 9.17) is 0 Å². The molecule has 1 unspecified atom stereocenters. The Balaban J connectivity index is 2.30. The van der Waals surface area contributed by atoms with E-state index in [1.807, 2.05) is 13.0 Å². The molecule has 0 spiro atoms. The fourth-order valence-corrected chi connectivity index (χ4v) is 2.01. The molecule has 1 aromatic heterocycles. The fourth-order valence-electron chi connectivity index (χ4n) is 2.01. The third-order valence-electron chi connectivity index (χ3n) is 3.31. The zero-order valence-corrected chi connectivity index (χ0v) is 12.1. The van der Waals surface area contributed by atoms with Crippen molar-refractivity contribution in [3.05, 3.63) is 58.5 Å². The maximum absolute atomic E-state index is 13.6. The summed E-state index contributed by atoms with van der Waals surface area (Å²) in [4.78, 5) is 15.4. The number of carbonyl (C=O) groups is 1. The third kappa shape index (κ3) is 3.37. The lowest BCUT2D eigenvalue weighted by molar-refractivity contribution is 0.0697. The molecule has 0 aliphatic carbocycles. The predicted molar refractivity (Wildman–Crippen MR) is 79.1 cm³/mol. The van der Waals surface area contributed by atoms with Gasteiger partial charge in [-0.2, -0.15) is 0 Å². The van der Waals surface area contributed by atoms with Crippen LogP contribution in [0.5, 0.6) is 0 Å². The number of aromatic nitrogens is 1. The number of anilines is 1. The second-order valence-electron chi connectivity index (χ2n) is 5.03. The Morgan fingerprint density at radius 3 is 2.62 bits per heavy atom. The van der Waals surface area contributed by atoms with Crippen LogP contribution in [0.1, 0.15) is 40.1 Å². The van der Waals surface area contributed by atoms with E-state index >= 15 is 0 Å². The molecule has 2 rings (SSSR count). The second-order valence-corrected chi connectivity index (χ2v) is 5.03. The molecule has 1 heterocycles. The van der Waals surface area contributed by atoms with Gasteiger partial charge in [-0.05, 0) is 50.1 Å². The Kier molecular flexibility index (Phi) is 4.21. The zero-order valence-electron chi connectivity index (χ0n) is 12.1. The quantitative estimate of drug-likeness (QED) is 0.900. The van der Waals surface area contributed by atoms with Crippen molar-refractivity contribution in [1.29, 1.82) is 0 Å². The highest BCUT2D eigenvalue weighted by atomic mass is 19.1. The molecule has 1 aromatic carbocycles. The van der Waals surface area contributed by atoms with Gasteiger partial charge in [0.1, 0.15) is 17.2 Å². The number of hydrogen-bond donors (Lipinski definition) is 2. The lowest BCUT2D eigenvalue weighted by Crippen LogP contribution is -2.13. The third-order valence-corrected chi connectivity index (χ3v) is 3.31. The first-order valence-corrected chi connectivity index (χ1v) is 6.62. The van der Waals surface area contributed by atoms with Crippen LogP contribution in [0.2, 0.25) is 0 Å². The number of hydrogen-bond acceptors (Lipinski definition) is 3. The average molecular weight is 288 g/mol. The summed E-state index contributed by atoms with van der Waals surface area (Å²) in [5, 5.41) is 12.2. The van der Waals surface area contributed by atoms with Crippen LogP contribution in [0, 0.1) is 19.7 Å². The van der Waals surface area contributed by atoms with Gasteiger partial charge in [-0.1, -0.05) is 12.1 Å². The molecule has 0 fully saturated rings. The number of carboxylic acid groups (broad SMARTS) is 1. The summed E-state index contributed by atoms with van der Waals surface area (Å²) in [7, 11) is 0. The topological polar surface area (TPSA) is 62.2 Å². The highest BCUT2D eigenvalue weighted by Crippen LogP contribution is 2.22. The standard InChI is InChI=1S/C16H17FN2O2/c1-9-4-6-12(8-14(9)17)11(3)19-15-13(16(20)21)7-5-10(2)18-15/h4-8,11H,1-3H3,(H,18,19)(H,20,21). The minimum absolute atomic E-state index is 0.0973. The molecule has 110 valence electrons. The van der Waals surface area contributed by atoms with Crippen molar-refractivity contribution in [1.82, 2.24) is 4.98 Å². The molecule has 2 aromatic rings. The normalized spacial score (nSPS) is 12.0. The molecular formula is C16H17FN2O2. The van der Waals surface area contributed by atoms with Crippen molar-refractivity contribution in [3.8, 4) is 0 Å². The van der Waals surface area contributed by atoms with Crippen LogP contribution >= 0.6 is 0 Å². The SMILES string of the molecule is Cc1ccc(C(=O)O)c(NC(C)c2ccc(C)c(F)c2)n1. The maximum Gasteiger partial charge on any atom is 0.339 e. The van der Waals surface area contributed by atoms with Crippen LogP contribution in [0.4, 0.5) is 10.2 Å². The van der Waals surface area contributed by atoms with E-state index in [1.54, 1.807) is 26.0 Å². The van der Waals surface area contributed by atoms with E-state index in [0.717, 1.165) is 5.56 Å². The molecule has 5 heteroatoms. The van der Waals surface area contributed by atoms with Gasteiger partial charge < -0.3 is 10.4 Å². The summed E-state index contributed by atoms with van der Waals surface area (Å²) in [6.07, 6.45) is 0. The highest BCUT2D eigenvalue weighted by molar-refractivity contribution is 5.93. The second kappa shape index (κ2) is 5.91. The summed E-state index contributed by atoms with van der Waals surface area (Å²) in [5.74, 6) is -1.04. The van der Waals surface area contributed by atoms with Crippen LogP contribution in [-0.4, -0.2) is 16.1 Å². The fraction of sp³-hybridized carbons (Fsp3) is 0.250. The number of halogens is 1. The van der Waals surface area contributed by atoms with Crippen LogP contribution in [0.25, 0.3) is 0 Å². The number of pyridine rings is 1. The van der Waals surface area contributed by atoms with Crippen molar-refractivity contribution in [2.45, 2.75) is 26.8 Å². The molecule has 0 aliphatic rings. The number of rotatable bonds is 4. The largest absolute Gasteiger partial charge is 0.478 e. The summed E-state index contributed by atoms with van der Waals surface area (Å²) < 4.78 is 13.6. The van der Waals surface area contributed by atoms with Gasteiger partial charge >= 0.3 is 5.97 Å². The molecule has 4 nitrogen and oxygen atoms in total. The minimum atomic E-state index is -1.05. The van der Waals surface area contributed by atoms with Gasteiger partial charge in [0.25, 0.3) is 0 Å². The first-order chi connectivity index (χ1) is 9.88. The summed E-state index contributed by atoms with van der Waals surface area (Å²) in [6.45, 7) is 5.31. The first kappa shape index (κ1) is 15.0. The smallest absolute Gasteiger partial charge is 0.339 e. The molecular weight excluding hydrogens is 271 g/mol. The van der Waals surface area contributed by atoms with E-state index in [9.17, 15) is 14.3 Å². The van der Waals surface area contributed by atoms with Gasteiger partial charge in [-0.25, -0.2) is 14.2 Å². The van der Waals surface area contributed by atoms with Crippen molar-refractivity contribution in [2.24, 2.45) is 0 Å². The number of benzene rings is 1. The molecule has 21 heavy (non-hydrogen) atoms. The lowest BCUT2D eigenvalue weighted by atomic mass is 10.1. The van der Waals surface area contributed by atoms with Gasteiger partial charge in [0.05, 0.1) is 6.04 Å². The van der Waals surface area contributed by atoms with Gasteiger partial charge in [-0.3, -0.25) is 0 Å². The van der Waals surface area contributed by atoms with Gasteiger partial charge in [0.15, 0.2) is 0 Å². The number of carboxylic acids is 1. The molecule has 1 atom stereocenters. The van der Waals surface area contributed by atoms with Crippen LogP contribution in [-0.2, 0) is 0 Å². The summed E-state index contributed by atoms with van der Waals surface area (Å²) in [6, 6.07) is 7.85. The Morgan fingerprint density at radius 1 is 1.29 bits per heavy atom. The number of aromatic carboxylic acids is 1. The van der Waals surface area contributed by atoms with Crippen molar-refractivity contribution in [2.75, 3.05) is 5.32 Å². The van der Waals surface area contributed by atoms with E-state index < -0.39 is 5.97 Å². The monoisotopic (exact) mass is 288 g/mol. The van der Waals surface area contributed by atoms with E-state index in [-0.39, 0.29) is 23.2 Å². The maximum atomic E-state index is 13.6. The Labute approximate surface area is 122 Å². The van der Waals surface area contributed by atoms with E-state index in [1.165, 1.54) is 12.1 Å². The van der Waals surface area contributed by atoms with E-state index in [0.29, 0.717) is 11.3 Å². The van der Waals surface area contributed by atoms with Gasteiger partial charge in [-0.15, -0.1) is 0 Å². The molecule has 0 bridgehead atoms. The molecule has 0 aliphatic heterocycles. The van der Waals surface area contributed by atoms with Gasteiger partial charge in [0.2, 0.25) is 0 Å². The molecule has 0 saturated heterocycles. The number of nitrogens with zero attached hydrogens (tertiary/aromatic N) is 1. The molecule has 0 radical (unpaired) electrons. The zero-order chi connectivity index (χ0) is 15.6. The average Bonchev–Trinajstić information content (AvgIpc) is 2.41. The molecule has 0 amide bonds. The highest BCUT2D eigenvalue weighted by Gasteiger charge is 2.15. The summed E-state index contributed by atoms with van der Waals surface area (Å²) >= 11 is 0. The Morgan fingerprint density at radius 2 is 2.00 bits per heavy atom. The lowest BCUT2D eigenvalue weighted by Gasteiger charge is -2.17. The van der Waals surface area contributed by atoms with Crippen molar-refractivity contribution >= 4 is 11.8 Å². The van der Waals surface area contributed by atoms with Crippen molar-refractivity contribution in [3.63, 3.8) is 0 Å². The van der Waals surface area contributed by atoms with Crippen LogP contribution < -0.4 is 5.32 Å². The Bertz CT molecular complexity index is 686. The first-order valence-electron chi connectivity index (χ1n) is 6.62. The minimum Gasteiger partial charge on any atom is -0.478 e. The number of aryl methyl sites for hydroxylation is 2. The van der Waals surface area contributed by atoms with Crippen LogP contribution in [0.15, 0.2) is 30.3 Å². The predicted octanol–water partition coefficient (Wildman–Crippen LogP) is 3.71. The van der Waals surface area contributed by atoms with E-state index in [2.05, 4.69) is 10.3 Å².